The number of carbonyl (C=O) groups is 1. The van der Waals surface area contributed by atoms with E-state index in [1.54, 1.807) is 31.2 Å². The van der Waals surface area contributed by atoms with Crippen molar-refractivity contribution < 1.29 is 27.2 Å². The number of methoxy groups -OCH3 is 2. The first-order chi connectivity index (χ1) is 12.2. The number of hydrogen-bond acceptors (Lipinski definition) is 7. The van der Waals surface area contributed by atoms with Crippen molar-refractivity contribution in [2.75, 3.05) is 36.6 Å². The molecule has 0 fully saturated rings. The molecule has 0 saturated heterocycles. The summed E-state index contributed by atoms with van der Waals surface area (Å²) in [6.45, 7) is 1.63. The number of anilines is 2. The Hall–Kier alpha value is -2.75. The molecular formula is C16H21N3O6S. The lowest BCUT2D eigenvalue weighted by Crippen LogP contribution is -2.33. The lowest BCUT2D eigenvalue weighted by Gasteiger charge is -2.24. The monoisotopic (exact) mass is 383 g/mol. The first-order valence-electron chi connectivity index (χ1n) is 7.67. The van der Waals surface area contributed by atoms with Crippen LogP contribution in [0.5, 0.6) is 11.5 Å². The number of nitrogens with zero attached hydrogens (tertiary/aromatic N) is 2. The van der Waals surface area contributed by atoms with Gasteiger partial charge in [-0.15, -0.1) is 0 Å². The molecule has 0 aliphatic carbocycles. The Morgan fingerprint density at radius 1 is 1.27 bits per heavy atom. The molecule has 26 heavy (non-hydrogen) atoms. The average Bonchev–Trinajstić information content (AvgIpc) is 2.98. The van der Waals surface area contributed by atoms with Crippen LogP contribution in [0.15, 0.2) is 28.8 Å². The molecule has 0 bridgehead atoms. The highest BCUT2D eigenvalue weighted by atomic mass is 32.2. The first-order valence-corrected chi connectivity index (χ1v) is 9.52. The van der Waals surface area contributed by atoms with E-state index in [0.717, 1.165) is 10.6 Å². The summed E-state index contributed by atoms with van der Waals surface area (Å²) in [5, 5.41) is 6.21. The third kappa shape index (κ3) is 4.88. The smallest absolute Gasteiger partial charge is 0.232 e. The summed E-state index contributed by atoms with van der Waals surface area (Å²) < 4.78 is 40.8. The van der Waals surface area contributed by atoms with E-state index in [1.165, 1.54) is 14.2 Å². The molecule has 0 unspecified atom stereocenters. The highest BCUT2D eigenvalue weighted by molar-refractivity contribution is 7.92. The van der Waals surface area contributed by atoms with Crippen LogP contribution in [-0.4, -0.2) is 46.5 Å². The second kappa shape index (κ2) is 8.09. The highest BCUT2D eigenvalue weighted by Gasteiger charge is 2.22. The SMILES string of the molecule is COc1ccc(N(CCC(=O)Nc2cc(C)on2)S(C)(=O)=O)c(OC)c1. The highest BCUT2D eigenvalue weighted by Crippen LogP contribution is 2.33. The van der Waals surface area contributed by atoms with E-state index in [2.05, 4.69) is 10.5 Å². The molecule has 1 heterocycles. The molecule has 0 aliphatic rings. The van der Waals surface area contributed by atoms with Crippen LogP contribution >= 0.6 is 0 Å². The zero-order chi connectivity index (χ0) is 19.3. The summed E-state index contributed by atoms with van der Waals surface area (Å²) >= 11 is 0. The van der Waals surface area contributed by atoms with Gasteiger partial charge in [0.15, 0.2) is 5.82 Å². The number of amides is 1. The topological polar surface area (TPSA) is 111 Å². The molecule has 1 amide bonds. The van der Waals surface area contributed by atoms with Crippen molar-refractivity contribution >= 4 is 27.4 Å². The Labute approximate surface area is 151 Å². The van der Waals surface area contributed by atoms with Gasteiger partial charge in [-0.1, -0.05) is 5.16 Å². The van der Waals surface area contributed by atoms with E-state index in [-0.39, 0.29) is 24.7 Å². The summed E-state index contributed by atoms with van der Waals surface area (Å²) in [5.41, 5.74) is 0.320. The van der Waals surface area contributed by atoms with Gasteiger partial charge in [0, 0.05) is 25.1 Å². The van der Waals surface area contributed by atoms with Gasteiger partial charge in [0.1, 0.15) is 17.3 Å². The maximum absolute atomic E-state index is 12.2. The van der Waals surface area contributed by atoms with Gasteiger partial charge in [-0.3, -0.25) is 9.10 Å². The minimum absolute atomic E-state index is 0.0653. The van der Waals surface area contributed by atoms with E-state index in [1.807, 2.05) is 0 Å². The Morgan fingerprint density at radius 3 is 2.54 bits per heavy atom. The van der Waals surface area contributed by atoms with Crippen LogP contribution in [0.4, 0.5) is 11.5 Å². The lowest BCUT2D eigenvalue weighted by molar-refractivity contribution is -0.116. The minimum Gasteiger partial charge on any atom is -0.497 e. The largest absolute Gasteiger partial charge is 0.497 e. The van der Waals surface area contributed by atoms with Crippen molar-refractivity contribution in [3.05, 3.63) is 30.0 Å². The van der Waals surface area contributed by atoms with E-state index in [9.17, 15) is 13.2 Å². The normalized spacial score (nSPS) is 11.1. The number of sulfonamides is 1. The molecule has 1 N–H and O–H groups in total. The van der Waals surface area contributed by atoms with Gasteiger partial charge in [-0.25, -0.2) is 8.42 Å². The van der Waals surface area contributed by atoms with E-state index in [4.69, 9.17) is 14.0 Å². The maximum atomic E-state index is 12.2. The molecule has 0 spiro atoms. The van der Waals surface area contributed by atoms with Crippen LogP contribution in [0.2, 0.25) is 0 Å². The molecular weight excluding hydrogens is 362 g/mol. The summed E-state index contributed by atoms with van der Waals surface area (Å²) in [4.78, 5) is 12.1. The van der Waals surface area contributed by atoms with Crippen molar-refractivity contribution in [1.29, 1.82) is 0 Å². The molecule has 2 aromatic rings. The number of hydrogen-bond donors (Lipinski definition) is 1. The van der Waals surface area contributed by atoms with E-state index >= 15 is 0 Å². The molecule has 0 atom stereocenters. The van der Waals surface area contributed by atoms with Gasteiger partial charge in [0.05, 0.1) is 26.2 Å². The standard InChI is InChI=1S/C16H21N3O6S/c1-11-9-15(18-25-11)17-16(20)7-8-19(26(4,21)22)13-6-5-12(23-2)10-14(13)24-3/h5-6,9-10H,7-8H2,1-4H3,(H,17,18,20). The van der Waals surface area contributed by atoms with Crippen LogP contribution in [0.25, 0.3) is 0 Å². The minimum atomic E-state index is -3.64. The zero-order valence-corrected chi connectivity index (χ0v) is 15.8. The Bertz CT molecular complexity index is 878. The predicted molar refractivity (Wildman–Crippen MR) is 96.2 cm³/mol. The fourth-order valence-corrected chi connectivity index (χ4v) is 3.22. The number of carbonyl (C=O) groups excluding carboxylic acids is 1. The molecule has 2 rings (SSSR count). The molecule has 1 aromatic heterocycles. The number of aromatic nitrogens is 1. The van der Waals surface area contributed by atoms with Crippen molar-refractivity contribution in [3.63, 3.8) is 0 Å². The quantitative estimate of drug-likeness (QED) is 0.740. The Kier molecular flexibility index (Phi) is 6.09. The lowest BCUT2D eigenvalue weighted by atomic mass is 10.2. The first kappa shape index (κ1) is 19.6. The number of aryl methyl sites for hydroxylation is 1. The van der Waals surface area contributed by atoms with Gasteiger partial charge < -0.3 is 19.3 Å². The molecule has 9 nitrogen and oxygen atoms in total. The Balaban J connectivity index is 2.17. The van der Waals surface area contributed by atoms with Gasteiger partial charge in [-0.2, -0.15) is 0 Å². The predicted octanol–water partition coefficient (Wildman–Crippen LogP) is 1.80. The number of ether oxygens (including phenoxy) is 2. The van der Waals surface area contributed by atoms with Crippen LogP contribution in [0.3, 0.4) is 0 Å². The van der Waals surface area contributed by atoms with Crippen LogP contribution < -0.4 is 19.1 Å². The summed E-state index contributed by atoms with van der Waals surface area (Å²) in [5.74, 6) is 1.29. The molecule has 142 valence electrons. The fourth-order valence-electron chi connectivity index (χ4n) is 2.29. The van der Waals surface area contributed by atoms with Crippen LogP contribution in [0.1, 0.15) is 12.2 Å². The molecule has 0 radical (unpaired) electrons. The summed E-state index contributed by atoms with van der Waals surface area (Å²) in [6, 6.07) is 6.33. The Morgan fingerprint density at radius 2 is 2.00 bits per heavy atom. The van der Waals surface area contributed by atoms with Crippen molar-refractivity contribution in [2.45, 2.75) is 13.3 Å². The second-order valence-corrected chi connectivity index (χ2v) is 7.40. The van der Waals surface area contributed by atoms with Crippen LogP contribution in [0, 0.1) is 6.92 Å². The van der Waals surface area contributed by atoms with Crippen molar-refractivity contribution in [3.8, 4) is 11.5 Å². The number of benzene rings is 1. The van der Waals surface area contributed by atoms with Gasteiger partial charge >= 0.3 is 0 Å². The van der Waals surface area contributed by atoms with Crippen LogP contribution in [-0.2, 0) is 14.8 Å². The number of nitrogens with one attached hydrogen (secondary N) is 1. The van der Waals surface area contributed by atoms with Crippen molar-refractivity contribution in [2.24, 2.45) is 0 Å². The van der Waals surface area contributed by atoms with E-state index < -0.39 is 10.0 Å². The fraction of sp³-hybridized carbons (Fsp3) is 0.375. The average molecular weight is 383 g/mol. The second-order valence-electron chi connectivity index (χ2n) is 5.49. The molecule has 0 aliphatic heterocycles. The van der Waals surface area contributed by atoms with Gasteiger partial charge in [0.2, 0.25) is 15.9 Å². The molecule has 0 saturated carbocycles. The number of rotatable bonds is 8. The third-order valence-electron chi connectivity index (χ3n) is 3.49. The van der Waals surface area contributed by atoms with Gasteiger partial charge in [-0.05, 0) is 19.1 Å². The van der Waals surface area contributed by atoms with Gasteiger partial charge in [0.25, 0.3) is 0 Å². The third-order valence-corrected chi connectivity index (χ3v) is 4.67. The van der Waals surface area contributed by atoms with Crippen molar-refractivity contribution in [1.82, 2.24) is 5.16 Å². The summed E-state index contributed by atoms with van der Waals surface area (Å²) in [6.07, 6.45) is 0.990. The maximum Gasteiger partial charge on any atom is 0.232 e. The molecule has 1 aromatic carbocycles. The van der Waals surface area contributed by atoms with E-state index in [0.29, 0.717) is 22.9 Å². The summed E-state index contributed by atoms with van der Waals surface area (Å²) in [7, 11) is -0.709. The zero-order valence-electron chi connectivity index (χ0n) is 15.0. The molecule has 10 heteroatoms.